The third-order valence-corrected chi connectivity index (χ3v) is 3.63. The Bertz CT molecular complexity index is 727. The highest BCUT2D eigenvalue weighted by Crippen LogP contribution is 2.24. The molecule has 1 N–H and O–H groups in total. The SMILES string of the molecule is CC(C)(C)c1ccc(OCCNC(=O)Cn2ccccc2=O)cc1. The Balaban J connectivity index is 1.74. The highest BCUT2D eigenvalue weighted by Gasteiger charge is 2.12. The number of nitrogens with one attached hydrogen (secondary N) is 1. The van der Waals surface area contributed by atoms with Gasteiger partial charge in [0.2, 0.25) is 5.91 Å². The Hall–Kier alpha value is -2.56. The molecular weight excluding hydrogens is 304 g/mol. The van der Waals surface area contributed by atoms with Crippen molar-refractivity contribution >= 4 is 5.91 Å². The van der Waals surface area contributed by atoms with Crippen molar-refractivity contribution in [1.29, 1.82) is 0 Å². The van der Waals surface area contributed by atoms with Crippen molar-refractivity contribution in [2.75, 3.05) is 13.2 Å². The molecule has 0 radical (unpaired) electrons. The van der Waals surface area contributed by atoms with Crippen molar-refractivity contribution in [3.63, 3.8) is 0 Å². The predicted octanol–water partition coefficient (Wildman–Crippen LogP) is 2.34. The molecule has 1 aromatic heterocycles. The Morgan fingerprint density at radius 3 is 2.46 bits per heavy atom. The maximum Gasteiger partial charge on any atom is 0.250 e. The molecule has 5 heteroatoms. The van der Waals surface area contributed by atoms with Crippen LogP contribution in [0.4, 0.5) is 0 Å². The Kier molecular flexibility index (Phi) is 5.79. The summed E-state index contributed by atoms with van der Waals surface area (Å²) in [6.07, 6.45) is 1.59. The first kappa shape index (κ1) is 17.8. The zero-order valence-electron chi connectivity index (χ0n) is 14.4. The topological polar surface area (TPSA) is 60.3 Å². The van der Waals surface area contributed by atoms with Gasteiger partial charge in [-0.05, 0) is 29.2 Å². The molecule has 0 saturated carbocycles. The number of aromatic nitrogens is 1. The Morgan fingerprint density at radius 1 is 1.12 bits per heavy atom. The van der Waals surface area contributed by atoms with Gasteiger partial charge in [-0.2, -0.15) is 0 Å². The van der Waals surface area contributed by atoms with Gasteiger partial charge in [0.05, 0.1) is 6.54 Å². The van der Waals surface area contributed by atoms with E-state index in [2.05, 4.69) is 38.2 Å². The number of rotatable bonds is 6. The standard InChI is InChI=1S/C19H24N2O3/c1-19(2,3)15-7-9-16(10-8-15)24-13-11-20-17(22)14-21-12-5-4-6-18(21)23/h4-10,12H,11,13-14H2,1-3H3,(H,20,22). The molecule has 24 heavy (non-hydrogen) atoms. The molecule has 128 valence electrons. The van der Waals surface area contributed by atoms with E-state index in [9.17, 15) is 9.59 Å². The van der Waals surface area contributed by atoms with Gasteiger partial charge in [0, 0.05) is 12.3 Å². The van der Waals surface area contributed by atoms with E-state index in [0.717, 1.165) is 5.75 Å². The molecule has 0 saturated heterocycles. The van der Waals surface area contributed by atoms with Gasteiger partial charge < -0.3 is 14.6 Å². The maximum absolute atomic E-state index is 11.8. The number of amides is 1. The van der Waals surface area contributed by atoms with Crippen LogP contribution in [0.2, 0.25) is 0 Å². The minimum absolute atomic E-state index is 0.0138. The monoisotopic (exact) mass is 328 g/mol. The first-order valence-corrected chi connectivity index (χ1v) is 8.02. The minimum atomic E-state index is -0.213. The first-order valence-electron chi connectivity index (χ1n) is 8.02. The lowest BCUT2D eigenvalue weighted by Gasteiger charge is -2.19. The van der Waals surface area contributed by atoms with Gasteiger partial charge in [0.15, 0.2) is 0 Å². The lowest BCUT2D eigenvalue weighted by molar-refractivity contribution is -0.121. The molecule has 0 aliphatic rings. The van der Waals surface area contributed by atoms with Crippen LogP contribution >= 0.6 is 0 Å². The number of hydrogen-bond donors (Lipinski definition) is 1. The average Bonchev–Trinajstić information content (AvgIpc) is 2.53. The number of benzene rings is 1. The number of nitrogens with zero attached hydrogens (tertiary/aromatic N) is 1. The van der Waals surface area contributed by atoms with E-state index in [-0.39, 0.29) is 23.4 Å². The number of ether oxygens (including phenoxy) is 1. The van der Waals surface area contributed by atoms with E-state index < -0.39 is 0 Å². The summed E-state index contributed by atoms with van der Waals surface area (Å²) in [6, 6.07) is 12.8. The summed E-state index contributed by atoms with van der Waals surface area (Å²) in [5, 5.41) is 2.74. The fraction of sp³-hybridized carbons (Fsp3) is 0.368. The molecule has 0 atom stereocenters. The van der Waals surface area contributed by atoms with Crippen LogP contribution in [0.25, 0.3) is 0 Å². The molecule has 0 aliphatic heterocycles. The van der Waals surface area contributed by atoms with Crippen molar-refractivity contribution < 1.29 is 9.53 Å². The van der Waals surface area contributed by atoms with E-state index in [1.807, 2.05) is 12.1 Å². The summed E-state index contributed by atoms with van der Waals surface area (Å²) in [5.74, 6) is 0.562. The van der Waals surface area contributed by atoms with E-state index in [1.54, 1.807) is 18.3 Å². The molecule has 0 spiro atoms. The molecule has 0 aliphatic carbocycles. The van der Waals surface area contributed by atoms with Crippen LogP contribution in [0.3, 0.4) is 0 Å². The molecular formula is C19H24N2O3. The largest absolute Gasteiger partial charge is 0.492 e. The molecule has 1 amide bonds. The molecule has 2 rings (SSSR count). The summed E-state index contributed by atoms with van der Waals surface area (Å²) >= 11 is 0. The van der Waals surface area contributed by atoms with Gasteiger partial charge in [-0.15, -0.1) is 0 Å². The third-order valence-electron chi connectivity index (χ3n) is 3.63. The summed E-state index contributed by atoms with van der Waals surface area (Å²) in [6.45, 7) is 7.27. The average molecular weight is 328 g/mol. The third kappa shape index (κ3) is 5.26. The van der Waals surface area contributed by atoms with Crippen LogP contribution in [-0.4, -0.2) is 23.6 Å². The second-order valence-corrected chi connectivity index (χ2v) is 6.64. The van der Waals surface area contributed by atoms with Crippen molar-refractivity contribution in [3.8, 4) is 5.75 Å². The number of carbonyl (C=O) groups excluding carboxylic acids is 1. The highest BCUT2D eigenvalue weighted by atomic mass is 16.5. The normalized spacial score (nSPS) is 11.1. The van der Waals surface area contributed by atoms with Gasteiger partial charge >= 0.3 is 0 Å². The smallest absolute Gasteiger partial charge is 0.250 e. The summed E-state index contributed by atoms with van der Waals surface area (Å²) < 4.78 is 6.98. The minimum Gasteiger partial charge on any atom is -0.492 e. The van der Waals surface area contributed by atoms with Crippen molar-refractivity contribution in [2.45, 2.75) is 32.7 Å². The number of hydrogen-bond acceptors (Lipinski definition) is 3. The predicted molar refractivity (Wildman–Crippen MR) is 94.3 cm³/mol. The van der Waals surface area contributed by atoms with Crippen molar-refractivity contribution in [1.82, 2.24) is 9.88 Å². The fourth-order valence-electron chi connectivity index (χ4n) is 2.21. The van der Waals surface area contributed by atoms with Crippen LogP contribution in [0, 0.1) is 0 Å². The van der Waals surface area contributed by atoms with Crippen LogP contribution in [-0.2, 0) is 16.8 Å². The maximum atomic E-state index is 11.8. The summed E-state index contributed by atoms with van der Waals surface area (Å²) in [7, 11) is 0. The molecule has 1 aromatic carbocycles. The molecule has 2 aromatic rings. The van der Waals surface area contributed by atoms with E-state index in [1.165, 1.54) is 16.2 Å². The number of carbonyl (C=O) groups is 1. The fourth-order valence-corrected chi connectivity index (χ4v) is 2.21. The molecule has 0 bridgehead atoms. The summed E-state index contributed by atoms with van der Waals surface area (Å²) in [5.41, 5.74) is 1.17. The van der Waals surface area contributed by atoms with Crippen LogP contribution in [0.1, 0.15) is 26.3 Å². The Morgan fingerprint density at radius 2 is 1.83 bits per heavy atom. The van der Waals surface area contributed by atoms with E-state index in [0.29, 0.717) is 13.2 Å². The quantitative estimate of drug-likeness (QED) is 0.828. The van der Waals surface area contributed by atoms with Gasteiger partial charge in [-0.1, -0.05) is 39.0 Å². The molecule has 0 unspecified atom stereocenters. The van der Waals surface area contributed by atoms with Gasteiger partial charge in [-0.3, -0.25) is 9.59 Å². The van der Waals surface area contributed by atoms with Crippen LogP contribution < -0.4 is 15.6 Å². The lowest BCUT2D eigenvalue weighted by Crippen LogP contribution is -2.34. The van der Waals surface area contributed by atoms with Crippen molar-refractivity contribution in [2.24, 2.45) is 0 Å². The molecule has 0 fully saturated rings. The van der Waals surface area contributed by atoms with Crippen LogP contribution in [0.15, 0.2) is 53.5 Å². The van der Waals surface area contributed by atoms with E-state index in [4.69, 9.17) is 4.74 Å². The van der Waals surface area contributed by atoms with Crippen molar-refractivity contribution in [3.05, 3.63) is 64.6 Å². The second-order valence-electron chi connectivity index (χ2n) is 6.64. The van der Waals surface area contributed by atoms with Gasteiger partial charge in [0.1, 0.15) is 18.9 Å². The zero-order valence-corrected chi connectivity index (χ0v) is 14.4. The van der Waals surface area contributed by atoms with Gasteiger partial charge in [-0.25, -0.2) is 0 Å². The first-order chi connectivity index (χ1) is 11.4. The Labute approximate surface area is 142 Å². The summed E-state index contributed by atoms with van der Waals surface area (Å²) in [4.78, 5) is 23.3. The van der Waals surface area contributed by atoms with Gasteiger partial charge in [0.25, 0.3) is 5.56 Å². The number of pyridine rings is 1. The van der Waals surface area contributed by atoms with E-state index >= 15 is 0 Å². The lowest BCUT2D eigenvalue weighted by atomic mass is 9.87. The van der Waals surface area contributed by atoms with Crippen LogP contribution in [0.5, 0.6) is 5.75 Å². The zero-order chi connectivity index (χ0) is 17.6. The second kappa shape index (κ2) is 7.81. The molecule has 1 heterocycles. The molecule has 5 nitrogen and oxygen atoms in total. The highest BCUT2D eigenvalue weighted by molar-refractivity contribution is 5.75.